The minimum Gasteiger partial charge on any atom is -0.364 e. The fourth-order valence-electron chi connectivity index (χ4n) is 1.98. The number of nitrogens with one attached hydrogen (secondary N) is 1. The van der Waals surface area contributed by atoms with Crippen LogP contribution in [0.25, 0.3) is 10.9 Å². The van der Waals surface area contributed by atoms with Gasteiger partial charge in [0, 0.05) is 31.2 Å². The zero-order valence-electron chi connectivity index (χ0n) is 12.0. The lowest BCUT2D eigenvalue weighted by molar-refractivity contribution is -0.385. The van der Waals surface area contributed by atoms with Crippen LogP contribution in [-0.4, -0.2) is 41.9 Å². The molecule has 112 valence electrons. The number of benzene rings is 1. The molecule has 0 radical (unpaired) electrons. The van der Waals surface area contributed by atoms with Crippen molar-refractivity contribution in [1.82, 2.24) is 9.97 Å². The number of nitro benzene ring substituents is 1. The number of rotatable bonds is 6. The van der Waals surface area contributed by atoms with E-state index in [0.717, 1.165) is 0 Å². The average Bonchev–Trinajstić information content (AvgIpc) is 2.47. The SMILES string of the molecule is COC(CNc1ncnc2cc(C)c([N+](=O)[O-])cc12)OC. The third-order valence-electron chi connectivity index (χ3n) is 3.11. The second kappa shape index (κ2) is 6.42. The van der Waals surface area contributed by atoms with Crippen LogP contribution in [0.5, 0.6) is 0 Å². The van der Waals surface area contributed by atoms with Crippen molar-refractivity contribution in [1.29, 1.82) is 0 Å². The van der Waals surface area contributed by atoms with Crippen LogP contribution in [0.15, 0.2) is 18.5 Å². The highest BCUT2D eigenvalue weighted by molar-refractivity contribution is 5.91. The number of ether oxygens (including phenoxy) is 2. The molecule has 0 saturated heterocycles. The van der Waals surface area contributed by atoms with E-state index in [9.17, 15) is 10.1 Å². The summed E-state index contributed by atoms with van der Waals surface area (Å²) in [6.07, 6.45) is 0.973. The molecule has 0 amide bonds. The lowest BCUT2D eigenvalue weighted by Gasteiger charge is -2.15. The molecular formula is C13H16N4O4. The number of nitrogens with zero attached hydrogens (tertiary/aromatic N) is 3. The maximum atomic E-state index is 11.0. The molecular weight excluding hydrogens is 276 g/mol. The Morgan fingerprint density at radius 3 is 2.67 bits per heavy atom. The quantitative estimate of drug-likeness (QED) is 0.493. The number of hydrogen-bond donors (Lipinski definition) is 1. The topological polar surface area (TPSA) is 99.4 Å². The van der Waals surface area contributed by atoms with Gasteiger partial charge in [-0.25, -0.2) is 9.97 Å². The van der Waals surface area contributed by atoms with E-state index in [1.54, 1.807) is 13.0 Å². The van der Waals surface area contributed by atoms with Gasteiger partial charge < -0.3 is 14.8 Å². The number of aromatic nitrogens is 2. The summed E-state index contributed by atoms with van der Waals surface area (Å²) in [5, 5.41) is 14.7. The van der Waals surface area contributed by atoms with E-state index < -0.39 is 11.2 Å². The minimum atomic E-state index is -0.435. The highest BCUT2D eigenvalue weighted by atomic mass is 16.7. The first-order chi connectivity index (χ1) is 10.1. The summed E-state index contributed by atoms with van der Waals surface area (Å²) in [7, 11) is 3.06. The van der Waals surface area contributed by atoms with Gasteiger partial charge in [-0.15, -0.1) is 0 Å². The van der Waals surface area contributed by atoms with E-state index in [-0.39, 0.29) is 5.69 Å². The zero-order valence-corrected chi connectivity index (χ0v) is 12.0. The van der Waals surface area contributed by atoms with Gasteiger partial charge in [0.2, 0.25) is 0 Å². The van der Waals surface area contributed by atoms with Crippen molar-refractivity contribution in [2.75, 3.05) is 26.1 Å². The summed E-state index contributed by atoms with van der Waals surface area (Å²) in [6, 6.07) is 3.14. The van der Waals surface area contributed by atoms with Crippen molar-refractivity contribution in [2.45, 2.75) is 13.2 Å². The smallest absolute Gasteiger partial charge is 0.273 e. The monoisotopic (exact) mass is 292 g/mol. The Labute approximate surface area is 121 Å². The molecule has 0 aliphatic carbocycles. The van der Waals surface area contributed by atoms with Crippen molar-refractivity contribution in [3.05, 3.63) is 34.1 Å². The Kier molecular flexibility index (Phi) is 4.61. The minimum absolute atomic E-state index is 0.0374. The highest BCUT2D eigenvalue weighted by Gasteiger charge is 2.15. The Bertz CT molecular complexity index is 658. The Morgan fingerprint density at radius 1 is 1.33 bits per heavy atom. The van der Waals surface area contributed by atoms with E-state index in [2.05, 4.69) is 15.3 Å². The molecule has 1 heterocycles. The lowest BCUT2D eigenvalue weighted by Crippen LogP contribution is -2.24. The van der Waals surface area contributed by atoms with E-state index in [4.69, 9.17) is 9.47 Å². The van der Waals surface area contributed by atoms with Crippen LogP contribution in [-0.2, 0) is 9.47 Å². The first kappa shape index (κ1) is 15.1. The number of anilines is 1. The molecule has 0 saturated carbocycles. The van der Waals surface area contributed by atoms with Crippen LogP contribution in [0.3, 0.4) is 0 Å². The Hall–Kier alpha value is -2.32. The second-order valence-corrected chi connectivity index (χ2v) is 4.42. The van der Waals surface area contributed by atoms with Gasteiger partial charge in [-0.3, -0.25) is 10.1 Å². The zero-order chi connectivity index (χ0) is 15.4. The Morgan fingerprint density at radius 2 is 2.05 bits per heavy atom. The summed E-state index contributed by atoms with van der Waals surface area (Å²) in [6.45, 7) is 2.04. The summed E-state index contributed by atoms with van der Waals surface area (Å²) in [5.41, 5.74) is 1.24. The molecule has 0 spiro atoms. The maximum absolute atomic E-state index is 11.0. The fraction of sp³-hybridized carbons (Fsp3) is 0.385. The van der Waals surface area contributed by atoms with Crippen LogP contribution in [0.2, 0.25) is 0 Å². The highest BCUT2D eigenvalue weighted by Crippen LogP contribution is 2.27. The molecule has 1 aromatic carbocycles. The van der Waals surface area contributed by atoms with Gasteiger partial charge in [0.15, 0.2) is 6.29 Å². The summed E-state index contributed by atoms with van der Waals surface area (Å²) < 4.78 is 10.2. The number of hydrogen-bond acceptors (Lipinski definition) is 7. The molecule has 1 N–H and O–H groups in total. The number of nitro groups is 1. The molecule has 2 aromatic rings. The predicted octanol–water partition coefficient (Wildman–Crippen LogP) is 1.88. The summed E-state index contributed by atoms with van der Waals surface area (Å²) in [4.78, 5) is 18.9. The lowest BCUT2D eigenvalue weighted by atomic mass is 10.1. The molecule has 8 heteroatoms. The molecule has 0 aliphatic rings. The third-order valence-corrected chi connectivity index (χ3v) is 3.11. The molecule has 0 aliphatic heterocycles. The summed E-state index contributed by atoms with van der Waals surface area (Å²) >= 11 is 0. The standard InChI is InChI=1S/C13H16N4O4/c1-8-4-10-9(5-11(8)17(18)19)13(16-7-15-10)14-6-12(20-2)21-3/h4-5,7,12H,6H2,1-3H3,(H,14,15,16). The fourth-order valence-corrected chi connectivity index (χ4v) is 1.98. The van der Waals surface area contributed by atoms with Gasteiger partial charge >= 0.3 is 0 Å². The van der Waals surface area contributed by atoms with Crippen molar-refractivity contribution in [3.63, 3.8) is 0 Å². The van der Waals surface area contributed by atoms with E-state index in [1.807, 2.05) is 0 Å². The molecule has 8 nitrogen and oxygen atoms in total. The average molecular weight is 292 g/mol. The van der Waals surface area contributed by atoms with E-state index in [0.29, 0.717) is 28.8 Å². The van der Waals surface area contributed by atoms with E-state index in [1.165, 1.54) is 26.6 Å². The number of methoxy groups -OCH3 is 2. The molecule has 1 aromatic heterocycles. The molecule has 0 atom stereocenters. The van der Waals surface area contributed by atoms with Crippen molar-refractivity contribution < 1.29 is 14.4 Å². The van der Waals surface area contributed by atoms with Crippen LogP contribution in [0, 0.1) is 17.0 Å². The van der Waals surface area contributed by atoms with Crippen molar-refractivity contribution >= 4 is 22.4 Å². The molecule has 0 bridgehead atoms. The van der Waals surface area contributed by atoms with Gasteiger partial charge in [-0.05, 0) is 13.0 Å². The van der Waals surface area contributed by atoms with Gasteiger partial charge in [0.1, 0.15) is 12.1 Å². The normalized spacial score (nSPS) is 11.0. The number of fused-ring (bicyclic) bond motifs is 1. The van der Waals surface area contributed by atoms with Gasteiger partial charge in [0.05, 0.1) is 17.0 Å². The van der Waals surface area contributed by atoms with E-state index >= 15 is 0 Å². The van der Waals surface area contributed by atoms with Crippen LogP contribution >= 0.6 is 0 Å². The first-order valence-electron chi connectivity index (χ1n) is 6.26. The van der Waals surface area contributed by atoms with Crippen molar-refractivity contribution in [3.8, 4) is 0 Å². The predicted molar refractivity (Wildman–Crippen MR) is 77.2 cm³/mol. The molecule has 0 fully saturated rings. The second-order valence-electron chi connectivity index (χ2n) is 4.42. The van der Waals surface area contributed by atoms with Crippen molar-refractivity contribution in [2.24, 2.45) is 0 Å². The third kappa shape index (κ3) is 3.23. The number of aryl methyl sites for hydroxylation is 1. The Balaban J connectivity index is 2.39. The largest absolute Gasteiger partial charge is 0.364 e. The van der Waals surface area contributed by atoms with Gasteiger partial charge in [-0.1, -0.05) is 0 Å². The maximum Gasteiger partial charge on any atom is 0.273 e. The molecule has 2 rings (SSSR count). The summed E-state index contributed by atoms with van der Waals surface area (Å²) in [5.74, 6) is 0.502. The van der Waals surface area contributed by atoms with Gasteiger partial charge in [0.25, 0.3) is 5.69 Å². The van der Waals surface area contributed by atoms with Gasteiger partial charge in [-0.2, -0.15) is 0 Å². The molecule has 0 unspecified atom stereocenters. The molecule has 21 heavy (non-hydrogen) atoms. The van der Waals surface area contributed by atoms with Crippen LogP contribution < -0.4 is 5.32 Å². The van der Waals surface area contributed by atoms with Crippen LogP contribution in [0.1, 0.15) is 5.56 Å². The van der Waals surface area contributed by atoms with Crippen LogP contribution in [0.4, 0.5) is 11.5 Å². The first-order valence-corrected chi connectivity index (χ1v) is 6.26.